The average molecular weight is 335 g/mol. The van der Waals surface area contributed by atoms with E-state index in [1.165, 1.54) is 17.4 Å². The molecule has 1 aliphatic heterocycles. The lowest BCUT2D eigenvalue weighted by Gasteiger charge is -2.31. The van der Waals surface area contributed by atoms with Gasteiger partial charge in [-0.2, -0.15) is 0 Å². The number of sulfone groups is 1. The number of piperidine rings is 1. The summed E-state index contributed by atoms with van der Waals surface area (Å²) in [6.45, 7) is 2.20. The molecule has 1 aromatic carbocycles. The van der Waals surface area contributed by atoms with Crippen LogP contribution >= 0.6 is 0 Å². The Kier molecular flexibility index (Phi) is 6.21. The van der Waals surface area contributed by atoms with Gasteiger partial charge in [-0.25, -0.2) is 8.42 Å². The van der Waals surface area contributed by atoms with E-state index in [9.17, 15) is 8.42 Å². The number of aliphatic imine (C=N–C) groups is 1. The molecule has 0 bridgehead atoms. The van der Waals surface area contributed by atoms with Gasteiger partial charge >= 0.3 is 0 Å². The Labute approximate surface area is 139 Å². The minimum atomic E-state index is -2.95. The fraction of sp³-hybridized carbons (Fsp3) is 0.471. The molecule has 1 aliphatic rings. The van der Waals surface area contributed by atoms with E-state index in [4.69, 9.17) is 0 Å². The highest BCUT2D eigenvalue weighted by atomic mass is 32.2. The summed E-state index contributed by atoms with van der Waals surface area (Å²) >= 11 is 0. The summed E-state index contributed by atoms with van der Waals surface area (Å²) < 4.78 is 22.4. The van der Waals surface area contributed by atoms with Gasteiger partial charge in [-0.05, 0) is 18.4 Å². The Bertz CT molecular complexity index is 656. The lowest BCUT2D eigenvalue weighted by Crippen LogP contribution is -2.45. The molecule has 6 heteroatoms. The molecule has 126 valence electrons. The fourth-order valence-corrected chi connectivity index (χ4v) is 3.09. The smallest absolute Gasteiger partial charge is 0.193 e. The molecule has 5 nitrogen and oxygen atoms in total. The molecule has 1 fully saturated rings. The molecule has 0 aliphatic carbocycles. The van der Waals surface area contributed by atoms with Gasteiger partial charge in [0.1, 0.15) is 9.84 Å². The van der Waals surface area contributed by atoms with Gasteiger partial charge in [-0.3, -0.25) is 4.99 Å². The zero-order chi connectivity index (χ0) is 16.7. The molecule has 0 saturated carbocycles. The zero-order valence-corrected chi connectivity index (χ0v) is 14.6. The highest BCUT2D eigenvalue weighted by molar-refractivity contribution is 7.90. The van der Waals surface area contributed by atoms with Crippen molar-refractivity contribution in [2.75, 3.05) is 38.7 Å². The van der Waals surface area contributed by atoms with Crippen molar-refractivity contribution in [2.45, 2.75) is 12.8 Å². The molecule has 0 aromatic heterocycles. The molecule has 1 saturated heterocycles. The predicted octanol–water partition coefficient (Wildman–Crippen LogP) is 1.79. The van der Waals surface area contributed by atoms with E-state index in [2.05, 4.69) is 45.6 Å². The standard InChI is InChI=1S/C17H25N3O2S/c1-18-17(19-10-13-23(2,21)22)20-11-8-16(9-12-20)14-15-6-4-3-5-7-15/h3-7,14H,8-13H2,1-2H3,(H,18,19). The van der Waals surface area contributed by atoms with Crippen LogP contribution in [0.3, 0.4) is 0 Å². The van der Waals surface area contributed by atoms with E-state index in [-0.39, 0.29) is 5.75 Å². The minimum Gasteiger partial charge on any atom is -0.355 e. The summed E-state index contributed by atoms with van der Waals surface area (Å²) in [5.74, 6) is 0.909. The maximum atomic E-state index is 11.2. The second-order valence-corrected chi connectivity index (χ2v) is 8.06. The third-order valence-corrected chi connectivity index (χ3v) is 4.79. The molecule has 0 amide bonds. The van der Waals surface area contributed by atoms with Crippen molar-refractivity contribution in [3.05, 3.63) is 41.5 Å². The van der Waals surface area contributed by atoms with Crippen molar-refractivity contribution in [2.24, 2.45) is 4.99 Å². The Balaban J connectivity index is 1.86. The summed E-state index contributed by atoms with van der Waals surface area (Å²) in [6, 6.07) is 10.4. The van der Waals surface area contributed by atoms with E-state index >= 15 is 0 Å². The molecular weight excluding hydrogens is 310 g/mol. The zero-order valence-electron chi connectivity index (χ0n) is 13.8. The van der Waals surface area contributed by atoms with Crippen LogP contribution in [-0.2, 0) is 9.84 Å². The summed E-state index contributed by atoms with van der Waals surface area (Å²) in [5, 5.41) is 3.14. The molecule has 0 atom stereocenters. The number of nitrogens with zero attached hydrogens (tertiary/aromatic N) is 2. The Morgan fingerprint density at radius 1 is 1.26 bits per heavy atom. The topological polar surface area (TPSA) is 61.8 Å². The van der Waals surface area contributed by atoms with Crippen LogP contribution in [-0.4, -0.2) is 58.0 Å². The van der Waals surface area contributed by atoms with E-state index in [0.717, 1.165) is 31.9 Å². The largest absolute Gasteiger partial charge is 0.355 e. The van der Waals surface area contributed by atoms with Gasteiger partial charge in [0, 0.05) is 32.9 Å². The van der Waals surface area contributed by atoms with Crippen molar-refractivity contribution >= 4 is 21.9 Å². The number of nitrogens with one attached hydrogen (secondary N) is 1. The normalized spacial score (nSPS) is 16.3. The van der Waals surface area contributed by atoms with Gasteiger partial charge in [0.15, 0.2) is 5.96 Å². The van der Waals surface area contributed by atoms with Crippen LogP contribution in [0.15, 0.2) is 40.9 Å². The van der Waals surface area contributed by atoms with Gasteiger partial charge < -0.3 is 10.2 Å². The summed E-state index contributed by atoms with van der Waals surface area (Å²) in [6.07, 6.45) is 5.51. The van der Waals surface area contributed by atoms with Crippen molar-refractivity contribution in [1.82, 2.24) is 10.2 Å². The molecule has 23 heavy (non-hydrogen) atoms. The maximum Gasteiger partial charge on any atom is 0.193 e. The summed E-state index contributed by atoms with van der Waals surface area (Å²) in [7, 11) is -1.21. The molecule has 2 rings (SSSR count). The number of hydrogen-bond donors (Lipinski definition) is 1. The van der Waals surface area contributed by atoms with E-state index in [0.29, 0.717) is 6.54 Å². The lowest BCUT2D eigenvalue weighted by atomic mass is 10.0. The quantitative estimate of drug-likeness (QED) is 0.673. The van der Waals surface area contributed by atoms with Crippen LogP contribution < -0.4 is 5.32 Å². The van der Waals surface area contributed by atoms with Crippen molar-refractivity contribution in [3.8, 4) is 0 Å². The maximum absolute atomic E-state index is 11.2. The molecule has 1 heterocycles. The first kappa shape index (κ1) is 17.5. The van der Waals surface area contributed by atoms with Gasteiger partial charge in [0.2, 0.25) is 0 Å². The van der Waals surface area contributed by atoms with Crippen molar-refractivity contribution in [3.63, 3.8) is 0 Å². The lowest BCUT2D eigenvalue weighted by molar-refractivity contribution is 0.376. The van der Waals surface area contributed by atoms with Gasteiger partial charge in [-0.1, -0.05) is 42.0 Å². The van der Waals surface area contributed by atoms with Crippen LogP contribution in [0.5, 0.6) is 0 Å². The monoisotopic (exact) mass is 335 g/mol. The SMILES string of the molecule is CN=C(NCCS(C)(=O)=O)N1CCC(=Cc2ccccc2)CC1. The number of guanidine groups is 1. The molecular formula is C17H25N3O2S. The second kappa shape index (κ2) is 8.15. The van der Waals surface area contributed by atoms with Crippen LogP contribution in [0.25, 0.3) is 6.08 Å². The highest BCUT2D eigenvalue weighted by Gasteiger charge is 2.17. The Morgan fingerprint density at radius 2 is 1.91 bits per heavy atom. The first-order valence-electron chi connectivity index (χ1n) is 7.86. The van der Waals surface area contributed by atoms with E-state index in [1.54, 1.807) is 7.05 Å². The van der Waals surface area contributed by atoms with Gasteiger partial charge in [0.05, 0.1) is 5.75 Å². The Hall–Kier alpha value is -1.82. The number of rotatable bonds is 4. The van der Waals surface area contributed by atoms with Crippen molar-refractivity contribution < 1.29 is 8.42 Å². The highest BCUT2D eigenvalue weighted by Crippen LogP contribution is 2.19. The molecule has 0 spiro atoms. The van der Waals surface area contributed by atoms with Crippen LogP contribution in [0, 0.1) is 0 Å². The molecule has 0 unspecified atom stereocenters. The van der Waals surface area contributed by atoms with E-state index < -0.39 is 9.84 Å². The Morgan fingerprint density at radius 3 is 2.48 bits per heavy atom. The molecule has 0 radical (unpaired) electrons. The summed E-state index contributed by atoms with van der Waals surface area (Å²) in [4.78, 5) is 6.44. The third kappa shape index (κ3) is 6.06. The first-order valence-corrected chi connectivity index (χ1v) is 9.92. The predicted molar refractivity (Wildman–Crippen MR) is 96.3 cm³/mol. The summed E-state index contributed by atoms with van der Waals surface area (Å²) in [5.41, 5.74) is 2.69. The second-order valence-electron chi connectivity index (χ2n) is 5.80. The number of hydrogen-bond acceptors (Lipinski definition) is 3. The fourth-order valence-electron chi connectivity index (χ4n) is 2.62. The van der Waals surface area contributed by atoms with Crippen LogP contribution in [0.2, 0.25) is 0 Å². The number of likely N-dealkylation sites (tertiary alicyclic amines) is 1. The molecule has 1 N–H and O–H groups in total. The van der Waals surface area contributed by atoms with E-state index in [1.807, 2.05) is 6.07 Å². The van der Waals surface area contributed by atoms with Crippen molar-refractivity contribution in [1.29, 1.82) is 0 Å². The van der Waals surface area contributed by atoms with Crippen LogP contribution in [0.4, 0.5) is 0 Å². The average Bonchev–Trinajstić information content (AvgIpc) is 2.53. The third-order valence-electron chi connectivity index (χ3n) is 3.84. The van der Waals surface area contributed by atoms with Gasteiger partial charge in [-0.15, -0.1) is 0 Å². The van der Waals surface area contributed by atoms with Gasteiger partial charge in [0.25, 0.3) is 0 Å². The number of benzene rings is 1. The molecule has 1 aromatic rings. The minimum absolute atomic E-state index is 0.124. The first-order chi connectivity index (χ1) is 11.0. The van der Waals surface area contributed by atoms with Crippen LogP contribution in [0.1, 0.15) is 18.4 Å².